The molecule has 0 heterocycles. The first-order chi connectivity index (χ1) is 20.9. The van der Waals surface area contributed by atoms with Crippen molar-refractivity contribution in [2.75, 3.05) is 40.0 Å². The third-order valence-electron chi connectivity index (χ3n) is 6.92. The molecule has 0 aliphatic heterocycles. The molecule has 0 aliphatic rings. The van der Waals surface area contributed by atoms with Crippen LogP contribution in [0.15, 0.2) is 0 Å². The highest BCUT2D eigenvalue weighted by atomic mass is 16.9. The van der Waals surface area contributed by atoms with Gasteiger partial charge in [0.25, 0.3) is 11.9 Å². The van der Waals surface area contributed by atoms with Crippen LogP contribution in [0.3, 0.4) is 0 Å². The lowest BCUT2D eigenvalue weighted by Crippen LogP contribution is -2.44. The standard InChI is InChI=1S/C34H70O9/c1-9-17-23-33(38-25-19-11-3,39-26-20-12-4)42-31(15-7)36-29-35-30-37-32(16-8)43-34(24-18-10-2,40-27-21-13-5)41-28-22-14-6/h31-32H,9-30H2,1-8H3. The molecule has 0 rings (SSSR count). The molecule has 0 fully saturated rings. The van der Waals surface area contributed by atoms with Crippen molar-refractivity contribution in [1.29, 1.82) is 0 Å². The topological polar surface area (TPSA) is 83.1 Å². The van der Waals surface area contributed by atoms with Crippen molar-refractivity contribution in [3.63, 3.8) is 0 Å². The second kappa shape index (κ2) is 29.1. The third kappa shape index (κ3) is 21.1. The van der Waals surface area contributed by atoms with E-state index in [0.29, 0.717) is 52.1 Å². The smallest absolute Gasteiger partial charge is 0.285 e. The molecule has 43 heavy (non-hydrogen) atoms. The number of rotatable bonds is 34. The molecule has 0 aromatic carbocycles. The first-order valence-electron chi connectivity index (χ1n) is 17.7. The molecule has 0 N–H and O–H groups in total. The normalized spacial score (nSPS) is 14.0. The first-order valence-corrected chi connectivity index (χ1v) is 17.7. The van der Waals surface area contributed by atoms with Gasteiger partial charge in [0.15, 0.2) is 26.2 Å². The van der Waals surface area contributed by atoms with Crippen LogP contribution in [0.25, 0.3) is 0 Å². The van der Waals surface area contributed by atoms with Gasteiger partial charge in [0.1, 0.15) is 0 Å². The molecule has 260 valence electrons. The Labute approximate surface area is 265 Å². The van der Waals surface area contributed by atoms with E-state index >= 15 is 0 Å². The lowest BCUT2D eigenvalue weighted by atomic mass is 10.2. The van der Waals surface area contributed by atoms with Crippen LogP contribution < -0.4 is 0 Å². The van der Waals surface area contributed by atoms with E-state index in [1.807, 2.05) is 13.8 Å². The van der Waals surface area contributed by atoms with Gasteiger partial charge < -0.3 is 33.2 Å². The zero-order valence-electron chi connectivity index (χ0n) is 29.4. The number of unbranched alkanes of at least 4 members (excludes halogenated alkanes) is 6. The summed E-state index contributed by atoms with van der Waals surface area (Å²) in [6.07, 6.45) is 13.3. The Morgan fingerprint density at radius 1 is 0.419 bits per heavy atom. The van der Waals surface area contributed by atoms with E-state index in [2.05, 4.69) is 41.5 Å². The molecule has 0 aromatic heterocycles. The fourth-order valence-corrected chi connectivity index (χ4v) is 4.05. The van der Waals surface area contributed by atoms with Crippen molar-refractivity contribution in [3.05, 3.63) is 0 Å². The summed E-state index contributed by atoms with van der Waals surface area (Å²) < 4.78 is 55.4. The van der Waals surface area contributed by atoms with Crippen LogP contribution in [0, 0.1) is 0 Å². The lowest BCUT2D eigenvalue weighted by molar-refractivity contribution is -0.432. The third-order valence-corrected chi connectivity index (χ3v) is 6.92. The molecule has 0 bridgehead atoms. The van der Waals surface area contributed by atoms with Crippen LogP contribution in [-0.2, 0) is 42.6 Å². The summed E-state index contributed by atoms with van der Waals surface area (Å²) in [6, 6.07) is 0. The van der Waals surface area contributed by atoms with E-state index in [4.69, 9.17) is 42.6 Å². The minimum atomic E-state index is -1.12. The Morgan fingerprint density at radius 2 is 0.721 bits per heavy atom. The van der Waals surface area contributed by atoms with Gasteiger partial charge in [-0.15, -0.1) is 0 Å². The van der Waals surface area contributed by atoms with Gasteiger partial charge in [-0.2, -0.15) is 0 Å². The van der Waals surface area contributed by atoms with E-state index in [-0.39, 0.29) is 13.6 Å². The minimum Gasteiger partial charge on any atom is -0.329 e. The van der Waals surface area contributed by atoms with Crippen LogP contribution in [0.5, 0.6) is 0 Å². The maximum absolute atomic E-state index is 6.38. The van der Waals surface area contributed by atoms with E-state index in [0.717, 1.165) is 77.0 Å². The maximum atomic E-state index is 6.38. The van der Waals surface area contributed by atoms with E-state index < -0.39 is 24.5 Å². The second-order valence-electron chi connectivity index (χ2n) is 11.1. The summed E-state index contributed by atoms with van der Waals surface area (Å²) in [7, 11) is 0. The summed E-state index contributed by atoms with van der Waals surface area (Å²) in [5.41, 5.74) is 0. The summed E-state index contributed by atoms with van der Waals surface area (Å²) in [5, 5.41) is 0. The summed E-state index contributed by atoms with van der Waals surface area (Å²) in [6.45, 7) is 19.2. The summed E-state index contributed by atoms with van der Waals surface area (Å²) >= 11 is 0. The molecule has 0 aromatic rings. The van der Waals surface area contributed by atoms with Crippen LogP contribution in [0.2, 0.25) is 0 Å². The predicted octanol–water partition coefficient (Wildman–Crippen LogP) is 9.41. The molecule has 9 nitrogen and oxygen atoms in total. The number of hydrogen-bond acceptors (Lipinski definition) is 9. The van der Waals surface area contributed by atoms with Gasteiger partial charge in [-0.3, -0.25) is 9.47 Å². The Balaban J connectivity index is 5.16. The lowest BCUT2D eigenvalue weighted by Gasteiger charge is -2.36. The Hall–Kier alpha value is -0.360. The quantitative estimate of drug-likeness (QED) is 0.0515. The van der Waals surface area contributed by atoms with Gasteiger partial charge in [0.2, 0.25) is 0 Å². The number of hydrogen-bond donors (Lipinski definition) is 0. The number of ether oxygens (including phenoxy) is 9. The molecule has 2 atom stereocenters. The Morgan fingerprint density at radius 3 is 0.977 bits per heavy atom. The Bertz CT molecular complexity index is 510. The largest absolute Gasteiger partial charge is 0.329 e. The van der Waals surface area contributed by atoms with Crippen molar-refractivity contribution < 1.29 is 42.6 Å². The zero-order valence-corrected chi connectivity index (χ0v) is 29.4. The summed E-state index contributed by atoms with van der Waals surface area (Å²) in [4.78, 5) is 0. The molecular formula is C34H70O9. The average molecular weight is 623 g/mol. The van der Waals surface area contributed by atoms with E-state index in [9.17, 15) is 0 Å². The van der Waals surface area contributed by atoms with Crippen LogP contribution in [0.4, 0.5) is 0 Å². The minimum absolute atomic E-state index is 0.00367. The SMILES string of the molecule is CCCCOC(CCCC)(OCCCC)OC(CC)OCOCOC(CC)OC(CCCC)(OCCCC)OCCCC. The molecule has 0 amide bonds. The van der Waals surface area contributed by atoms with Crippen LogP contribution in [0.1, 0.15) is 158 Å². The Kier molecular flexibility index (Phi) is 28.8. The van der Waals surface area contributed by atoms with Crippen molar-refractivity contribution >= 4 is 0 Å². The van der Waals surface area contributed by atoms with Crippen LogP contribution in [-0.4, -0.2) is 64.5 Å². The summed E-state index contributed by atoms with van der Waals surface area (Å²) in [5.74, 6) is -2.23. The van der Waals surface area contributed by atoms with Gasteiger partial charge in [0.05, 0.1) is 26.4 Å². The van der Waals surface area contributed by atoms with Crippen molar-refractivity contribution in [1.82, 2.24) is 0 Å². The van der Waals surface area contributed by atoms with Gasteiger partial charge in [0, 0.05) is 12.8 Å². The monoisotopic (exact) mass is 623 g/mol. The van der Waals surface area contributed by atoms with Crippen molar-refractivity contribution in [2.24, 2.45) is 0 Å². The molecule has 2 unspecified atom stereocenters. The second-order valence-corrected chi connectivity index (χ2v) is 11.1. The maximum Gasteiger partial charge on any atom is 0.285 e. The van der Waals surface area contributed by atoms with Gasteiger partial charge >= 0.3 is 0 Å². The zero-order chi connectivity index (χ0) is 32.1. The van der Waals surface area contributed by atoms with E-state index in [1.165, 1.54) is 0 Å². The first kappa shape index (κ1) is 42.6. The molecule has 0 saturated carbocycles. The highest BCUT2D eigenvalue weighted by Gasteiger charge is 2.37. The average Bonchev–Trinajstić information content (AvgIpc) is 3.01. The molecule has 9 heteroatoms. The van der Waals surface area contributed by atoms with Crippen molar-refractivity contribution in [3.8, 4) is 0 Å². The van der Waals surface area contributed by atoms with Gasteiger partial charge in [-0.1, -0.05) is 93.9 Å². The predicted molar refractivity (Wildman–Crippen MR) is 171 cm³/mol. The highest BCUT2D eigenvalue weighted by molar-refractivity contribution is 4.63. The fourth-order valence-electron chi connectivity index (χ4n) is 4.05. The highest BCUT2D eigenvalue weighted by Crippen LogP contribution is 2.29. The molecular weight excluding hydrogens is 552 g/mol. The van der Waals surface area contributed by atoms with E-state index in [1.54, 1.807) is 0 Å². The van der Waals surface area contributed by atoms with Crippen LogP contribution >= 0.6 is 0 Å². The van der Waals surface area contributed by atoms with Gasteiger partial charge in [-0.25, -0.2) is 0 Å². The molecule has 0 spiro atoms. The molecule has 0 radical (unpaired) electrons. The fraction of sp³-hybridized carbons (Fsp3) is 1.00. The molecule has 0 aliphatic carbocycles. The molecule has 0 saturated heterocycles. The van der Waals surface area contributed by atoms with Crippen molar-refractivity contribution in [2.45, 2.75) is 183 Å². The van der Waals surface area contributed by atoms with Gasteiger partial charge in [-0.05, 0) is 51.4 Å².